The van der Waals surface area contributed by atoms with Gasteiger partial charge in [0.05, 0.1) is 24.5 Å². The maximum atomic E-state index is 13.2. The van der Waals surface area contributed by atoms with Crippen LogP contribution in [0.1, 0.15) is 48.2 Å². The molecule has 5 rings (SSSR count). The van der Waals surface area contributed by atoms with Crippen LogP contribution in [0.3, 0.4) is 0 Å². The topological polar surface area (TPSA) is 117 Å². The van der Waals surface area contributed by atoms with Crippen molar-refractivity contribution in [1.82, 2.24) is 30.2 Å². The standard InChI is InChI=1S/C30H35N7O3/c1-40-21-27-14-8-16-37(27)35-28(38)15-6-5-11-25-20-36(26-12-3-2-4-13-26)30(33-25)34-29(39)23-10-7-9-22(17-23)24-18-31-32-19-24/h2-4,7,9-10,12-13,17-20,27H,5-6,8,11,14-16,21H2,1H3,(H,31,32)(H,35,38)(H,33,34,39). The Morgan fingerprint density at radius 2 is 1.98 bits per heavy atom. The van der Waals surface area contributed by atoms with Crippen molar-refractivity contribution in [2.45, 2.75) is 44.6 Å². The fourth-order valence-corrected chi connectivity index (χ4v) is 5.00. The number of para-hydroxylation sites is 1. The van der Waals surface area contributed by atoms with Gasteiger partial charge in [-0.15, -0.1) is 0 Å². The van der Waals surface area contributed by atoms with E-state index in [0.717, 1.165) is 54.7 Å². The number of hydrazine groups is 1. The first-order chi connectivity index (χ1) is 19.6. The number of benzene rings is 2. The highest BCUT2D eigenvalue weighted by Crippen LogP contribution is 2.22. The smallest absolute Gasteiger partial charge is 0.258 e. The zero-order valence-corrected chi connectivity index (χ0v) is 22.7. The molecule has 2 amide bonds. The van der Waals surface area contributed by atoms with Gasteiger partial charge in [-0.1, -0.05) is 30.3 Å². The molecule has 0 spiro atoms. The predicted molar refractivity (Wildman–Crippen MR) is 153 cm³/mol. The van der Waals surface area contributed by atoms with Crippen molar-refractivity contribution >= 4 is 17.8 Å². The lowest BCUT2D eigenvalue weighted by Gasteiger charge is -2.24. The number of imidazole rings is 1. The van der Waals surface area contributed by atoms with Crippen LogP contribution in [0, 0.1) is 0 Å². The second kappa shape index (κ2) is 13.2. The second-order valence-corrected chi connectivity index (χ2v) is 9.97. The first-order valence-corrected chi connectivity index (χ1v) is 13.7. The zero-order chi connectivity index (χ0) is 27.7. The van der Waals surface area contributed by atoms with E-state index in [0.29, 0.717) is 31.0 Å². The normalized spacial score (nSPS) is 15.3. The number of aromatic nitrogens is 4. The van der Waals surface area contributed by atoms with E-state index in [1.807, 2.05) is 64.3 Å². The summed E-state index contributed by atoms with van der Waals surface area (Å²) >= 11 is 0. The van der Waals surface area contributed by atoms with Crippen LogP contribution in [-0.2, 0) is 16.0 Å². The number of amides is 2. The molecule has 1 atom stereocenters. The molecular formula is C30H35N7O3. The summed E-state index contributed by atoms with van der Waals surface area (Å²) in [5.74, 6) is 0.240. The Kier molecular flexibility index (Phi) is 9.00. The maximum Gasteiger partial charge on any atom is 0.258 e. The SMILES string of the molecule is COCC1CCCN1NC(=O)CCCCc1cn(-c2ccccc2)c(NC(=O)c2cccc(-c3cn[nH]c3)c2)n1. The summed E-state index contributed by atoms with van der Waals surface area (Å²) in [5.41, 5.74) is 7.13. The summed E-state index contributed by atoms with van der Waals surface area (Å²) in [6, 6.07) is 17.4. The number of ether oxygens (including phenoxy) is 1. The van der Waals surface area contributed by atoms with Crippen LogP contribution in [0.5, 0.6) is 0 Å². The molecule has 1 fully saturated rings. The van der Waals surface area contributed by atoms with Crippen LogP contribution in [-0.4, -0.2) is 62.9 Å². The largest absolute Gasteiger partial charge is 0.383 e. The molecule has 0 radical (unpaired) electrons. The van der Waals surface area contributed by atoms with Crippen molar-refractivity contribution < 1.29 is 14.3 Å². The van der Waals surface area contributed by atoms with Gasteiger partial charge in [0.1, 0.15) is 0 Å². The lowest BCUT2D eigenvalue weighted by Crippen LogP contribution is -2.46. The first kappa shape index (κ1) is 27.3. The lowest BCUT2D eigenvalue weighted by molar-refractivity contribution is -0.126. The van der Waals surface area contributed by atoms with E-state index in [2.05, 4.69) is 20.9 Å². The van der Waals surface area contributed by atoms with E-state index >= 15 is 0 Å². The number of unbranched alkanes of at least 4 members (excludes halogenated alkanes) is 1. The summed E-state index contributed by atoms with van der Waals surface area (Å²) in [7, 11) is 1.69. The Labute approximate surface area is 233 Å². The van der Waals surface area contributed by atoms with Crippen molar-refractivity contribution in [3.63, 3.8) is 0 Å². The van der Waals surface area contributed by atoms with Crippen LogP contribution in [0.15, 0.2) is 73.2 Å². The molecule has 2 aromatic heterocycles. The van der Waals surface area contributed by atoms with Crippen LogP contribution >= 0.6 is 0 Å². The van der Waals surface area contributed by atoms with Gasteiger partial charge in [-0.25, -0.2) is 9.99 Å². The molecule has 0 bridgehead atoms. The Bertz CT molecular complexity index is 1400. The lowest BCUT2D eigenvalue weighted by atomic mass is 10.1. The summed E-state index contributed by atoms with van der Waals surface area (Å²) in [5, 5.41) is 11.8. The van der Waals surface area contributed by atoms with Crippen LogP contribution in [0.25, 0.3) is 16.8 Å². The molecule has 1 unspecified atom stereocenters. The molecular weight excluding hydrogens is 506 g/mol. The van der Waals surface area contributed by atoms with Gasteiger partial charge in [-0.2, -0.15) is 5.10 Å². The van der Waals surface area contributed by atoms with Crippen molar-refractivity contribution in [3.05, 3.63) is 84.4 Å². The average Bonchev–Trinajstić information content (AvgIpc) is 3.74. The third kappa shape index (κ3) is 6.83. The highest BCUT2D eigenvalue weighted by Gasteiger charge is 2.25. The zero-order valence-electron chi connectivity index (χ0n) is 22.7. The first-order valence-electron chi connectivity index (χ1n) is 13.7. The summed E-state index contributed by atoms with van der Waals surface area (Å²) in [6.07, 6.45) is 10.3. The number of nitrogens with zero attached hydrogens (tertiary/aromatic N) is 4. The molecule has 1 aliphatic rings. The molecule has 208 valence electrons. The predicted octanol–water partition coefficient (Wildman–Crippen LogP) is 4.37. The van der Waals surface area contributed by atoms with Gasteiger partial charge < -0.3 is 4.74 Å². The number of carbonyl (C=O) groups is 2. The van der Waals surface area contributed by atoms with E-state index in [9.17, 15) is 9.59 Å². The third-order valence-electron chi connectivity index (χ3n) is 7.06. The van der Waals surface area contributed by atoms with E-state index in [1.54, 1.807) is 25.6 Å². The van der Waals surface area contributed by atoms with E-state index in [-0.39, 0.29) is 17.9 Å². The van der Waals surface area contributed by atoms with Gasteiger partial charge in [0, 0.05) is 49.3 Å². The van der Waals surface area contributed by atoms with Crippen molar-refractivity contribution in [3.8, 4) is 16.8 Å². The number of aryl methyl sites for hydroxylation is 1. The number of aromatic amines is 1. The number of anilines is 1. The number of carbonyl (C=O) groups excluding carboxylic acids is 2. The number of methoxy groups -OCH3 is 1. The molecule has 2 aromatic carbocycles. The van der Waals surface area contributed by atoms with Gasteiger partial charge in [-0.3, -0.25) is 30.0 Å². The van der Waals surface area contributed by atoms with Gasteiger partial charge in [0.15, 0.2) is 0 Å². The third-order valence-corrected chi connectivity index (χ3v) is 7.06. The quantitative estimate of drug-likeness (QED) is 0.229. The van der Waals surface area contributed by atoms with Gasteiger partial charge in [-0.05, 0) is 61.9 Å². The Morgan fingerprint density at radius 1 is 1.10 bits per heavy atom. The van der Waals surface area contributed by atoms with Crippen molar-refractivity contribution in [2.75, 3.05) is 25.6 Å². The molecule has 10 nitrogen and oxygen atoms in total. The summed E-state index contributed by atoms with van der Waals surface area (Å²) in [6.45, 7) is 1.48. The minimum absolute atomic E-state index is 0.0309. The molecule has 3 N–H and O–H groups in total. The number of hydrogen-bond acceptors (Lipinski definition) is 6. The number of rotatable bonds is 12. The maximum absolute atomic E-state index is 13.2. The molecule has 0 aliphatic carbocycles. The molecule has 1 saturated heterocycles. The van der Waals surface area contributed by atoms with Crippen LogP contribution < -0.4 is 10.7 Å². The number of H-pyrrole nitrogens is 1. The van der Waals surface area contributed by atoms with Gasteiger partial charge in [0.25, 0.3) is 5.91 Å². The molecule has 3 heterocycles. The van der Waals surface area contributed by atoms with E-state index in [4.69, 9.17) is 9.72 Å². The highest BCUT2D eigenvalue weighted by molar-refractivity contribution is 6.04. The Balaban J connectivity index is 1.21. The minimum atomic E-state index is -0.245. The summed E-state index contributed by atoms with van der Waals surface area (Å²) in [4.78, 5) is 30.5. The number of hydrogen-bond donors (Lipinski definition) is 3. The fraction of sp³-hybridized carbons (Fsp3) is 0.333. The van der Waals surface area contributed by atoms with Crippen LogP contribution in [0.4, 0.5) is 5.95 Å². The molecule has 0 saturated carbocycles. The van der Waals surface area contributed by atoms with Gasteiger partial charge in [0.2, 0.25) is 11.9 Å². The molecule has 10 heteroatoms. The van der Waals surface area contributed by atoms with Crippen molar-refractivity contribution in [2.24, 2.45) is 0 Å². The van der Waals surface area contributed by atoms with Crippen molar-refractivity contribution in [1.29, 1.82) is 0 Å². The average molecular weight is 542 g/mol. The van der Waals surface area contributed by atoms with E-state index in [1.165, 1.54) is 0 Å². The number of nitrogens with one attached hydrogen (secondary N) is 3. The molecule has 1 aliphatic heterocycles. The molecule has 40 heavy (non-hydrogen) atoms. The molecule has 4 aromatic rings. The highest BCUT2D eigenvalue weighted by atomic mass is 16.5. The second-order valence-electron chi connectivity index (χ2n) is 9.97. The summed E-state index contributed by atoms with van der Waals surface area (Å²) < 4.78 is 7.16. The Hall–Kier alpha value is -4.28. The monoisotopic (exact) mass is 541 g/mol. The minimum Gasteiger partial charge on any atom is -0.383 e. The fourth-order valence-electron chi connectivity index (χ4n) is 5.00. The van der Waals surface area contributed by atoms with Gasteiger partial charge >= 0.3 is 0 Å². The van der Waals surface area contributed by atoms with E-state index < -0.39 is 0 Å². The van der Waals surface area contributed by atoms with Crippen LogP contribution in [0.2, 0.25) is 0 Å². The Morgan fingerprint density at radius 3 is 2.77 bits per heavy atom.